The van der Waals surface area contributed by atoms with Gasteiger partial charge in [-0.1, -0.05) is 0 Å². The van der Waals surface area contributed by atoms with Gasteiger partial charge in [0.1, 0.15) is 0 Å². The number of hydrogen-bond acceptors (Lipinski definition) is 3. The number of hydrogen-bond donors (Lipinski definition) is 0. The maximum atomic E-state index is 12.1. The molecule has 2 rings (SSSR count). The van der Waals surface area contributed by atoms with Crippen LogP contribution in [0.3, 0.4) is 0 Å². The zero-order valence-corrected chi connectivity index (χ0v) is 10.4. The van der Waals surface area contributed by atoms with Gasteiger partial charge in [-0.25, -0.2) is 0 Å². The highest BCUT2D eigenvalue weighted by atomic mass is 16.5. The molecule has 1 aromatic carbocycles. The van der Waals surface area contributed by atoms with E-state index >= 15 is 0 Å². The van der Waals surface area contributed by atoms with Crippen molar-refractivity contribution >= 4 is 10.8 Å². The average molecular weight is 233 g/mol. The van der Waals surface area contributed by atoms with Gasteiger partial charge < -0.3 is 14.0 Å². The second-order valence-corrected chi connectivity index (χ2v) is 3.94. The summed E-state index contributed by atoms with van der Waals surface area (Å²) in [4.78, 5) is 12.1. The minimum Gasteiger partial charge on any atom is -0.493 e. The van der Waals surface area contributed by atoms with Crippen molar-refractivity contribution < 1.29 is 9.47 Å². The van der Waals surface area contributed by atoms with E-state index in [0.29, 0.717) is 16.9 Å². The van der Waals surface area contributed by atoms with E-state index in [2.05, 4.69) is 0 Å². The van der Waals surface area contributed by atoms with Crippen LogP contribution in [0.15, 0.2) is 23.0 Å². The van der Waals surface area contributed by atoms with Crippen molar-refractivity contribution in [1.82, 2.24) is 4.57 Å². The molecule has 0 unspecified atom stereocenters. The Bertz CT molecular complexity index is 629. The molecule has 0 saturated carbocycles. The predicted molar refractivity (Wildman–Crippen MR) is 67.0 cm³/mol. The van der Waals surface area contributed by atoms with Crippen LogP contribution in [0.5, 0.6) is 11.5 Å². The number of fused-ring (bicyclic) bond motifs is 1. The minimum atomic E-state index is -0.0269. The summed E-state index contributed by atoms with van der Waals surface area (Å²) < 4.78 is 12.0. The summed E-state index contributed by atoms with van der Waals surface area (Å²) in [5.41, 5.74) is 0.885. The Hall–Kier alpha value is -1.97. The van der Waals surface area contributed by atoms with E-state index < -0.39 is 0 Å². The summed E-state index contributed by atoms with van der Waals surface area (Å²) in [7, 11) is 4.90. The van der Waals surface area contributed by atoms with Gasteiger partial charge in [0.25, 0.3) is 5.56 Å². The smallest absolute Gasteiger partial charge is 0.258 e. The standard InChI is InChI=1S/C13H15NO3/c1-8-5-9-6-11(16-3)12(17-4)7-10(9)13(15)14(8)2/h5-7H,1-4H3. The van der Waals surface area contributed by atoms with Crippen LogP contribution in [-0.4, -0.2) is 18.8 Å². The van der Waals surface area contributed by atoms with Gasteiger partial charge in [-0.15, -0.1) is 0 Å². The highest BCUT2D eigenvalue weighted by Crippen LogP contribution is 2.30. The Morgan fingerprint density at radius 2 is 1.65 bits per heavy atom. The Morgan fingerprint density at radius 1 is 1.06 bits per heavy atom. The minimum absolute atomic E-state index is 0.0269. The maximum Gasteiger partial charge on any atom is 0.258 e. The SMILES string of the molecule is COc1cc2cc(C)n(C)c(=O)c2cc1OC. The summed E-state index contributed by atoms with van der Waals surface area (Å²) in [6, 6.07) is 5.50. The molecule has 0 aliphatic carbocycles. The van der Waals surface area contributed by atoms with Crippen LogP contribution in [0.25, 0.3) is 10.8 Å². The highest BCUT2D eigenvalue weighted by molar-refractivity contribution is 5.85. The molecule has 4 heteroatoms. The number of aromatic nitrogens is 1. The van der Waals surface area contributed by atoms with Crippen molar-refractivity contribution in [2.75, 3.05) is 14.2 Å². The topological polar surface area (TPSA) is 40.5 Å². The first-order valence-electron chi connectivity index (χ1n) is 5.31. The monoisotopic (exact) mass is 233 g/mol. The van der Waals surface area contributed by atoms with E-state index in [1.54, 1.807) is 31.9 Å². The lowest BCUT2D eigenvalue weighted by Crippen LogP contribution is -2.18. The molecule has 17 heavy (non-hydrogen) atoms. The molecule has 90 valence electrons. The molecular formula is C13H15NO3. The largest absolute Gasteiger partial charge is 0.493 e. The molecule has 1 heterocycles. The molecule has 1 aromatic heterocycles. The van der Waals surface area contributed by atoms with Crippen molar-refractivity contribution in [3.8, 4) is 11.5 Å². The van der Waals surface area contributed by atoms with Crippen molar-refractivity contribution in [3.05, 3.63) is 34.2 Å². The van der Waals surface area contributed by atoms with Crippen LogP contribution < -0.4 is 15.0 Å². The average Bonchev–Trinajstić information content (AvgIpc) is 2.34. The first kappa shape index (κ1) is 11.5. The van der Waals surface area contributed by atoms with Crippen LogP contribution in [0.1, 0.15) is 5.69 Å². The first-order chi connectivity index (χ1) is 8.08. The summed E-state index contributed by atoms with van der Waals surface area (Å²) >= 11 is 0. The molecule has 0 radical (unpaired) electrons. The quantitative estimate of drug-likeness (QED) is 0.795. The summed E-state index contributed by atoms with van der Waals surface area (Å²) in [5.74, 6) is 1.20. The highest BCUT2D eigenvalue weighted by Gasteiger charge is 2.10. The number of rotatable bonds is 2. The molecule has 4 nitrogen and oxygen atoms in total. The number of ether oxygens (including phenoxy) is 2. The molecule has 0 aliphatic heterocycles. The van der Waals surface area contributed by atoms with Gasteiger partial charge in [0.15, 0.2) is 11.5 Å². The molecule has 0 aliphatic rings. The van der Waals surface area contributed by atoms with E-state index in [1.807, 2.05) is 19.1 Å². The molecule has 0 amide bonds. The zero-order valence-electron chi connectivity index (χ0n) is 10.4. The molecule has 0 spiro atoms. The lowest BCUT2D eigenvalue weighted by Gasteiger charge is -2.11. The molecule has 0 saturated heterocycles. The first-order valence-corrected chi connectivity index (χ1v) is 5.31. The van der Waals surface area contributed by atoms with Crippen molar-refractivity contribution in [2.45, 2.75) is 6.92 Å². The third-order valence-corrected chi connectivity index (χ3v) is 2.98. The number of methoxy groups -OCH3 is 2. The Morgan fingerprint density at radius 3 is 2.24 bits per heavy atom. The van der Waals surface area contributed by atoms with Crippen LogP contribution in [0.2, 0.25) is 0 Å². The lowest BCUT2D eigenvalue weighted by molar-refractivity contribution is 0.356. The molecule has 0 bridgehead atoms. The van der Waals surface area contributed by atoms with Crippen LogP contribution >= 0.6 is 0 Å². The van der Waals surface area contributed by atoms with Gasteiger partial charge in [-0.05, 0) is 30.5 Å². The molecular weight excluding hydrogens is 218 g/mol. The maximum absolute atomic E-state index is 12.1. The summed E-state index contributed by atoms with van der Waals surface area (Å²) in [6.45, 7) is 1.90. The number of pyridine rings is 1. The fourth-order valence-corrected chi connectivity index (χ4v) is 1.86. The van der Waals surface area contributed by atoms with E-state index in [4.69, 9.17) is 9.47 Å². The van der Waals surface area contributed by atoms with E-state index in [1.165, 1.54) is 0 Å². The second kappa shape index (κ2) is 4.13. The number of benzene rings is 1. The van der Waals surface area contributed by atoms with Gasteiger partial charge in [-0.3, -0.25) is 4.79 Å². The summed E-state index contributed by atoms with van der Waals surface area (Å²) in [5, 5.41) is 1.50. The van der Waals surface area contributed by atoms with Crippen molar-refractivity contribution in [1.29, 1.82) is 0 Å². The van der Waals surface area contributed by atoms with Crippen LogP contribution in [-0.2, 0) is 7.05 Å². The Kier molecular flexibility index (Phi) is 2.79. The molecule has 2 aromatic rings. The van der Waals surface area contributed by atoms with E-state index in [9.17, 15) is 4.79 Å². The van der Waals surface area contributed by atoms with E-state index in [0.717, 1.165) is 11.1 Å². The normalized spacial score (nSPS) is 10.6. The Balaban J connectivity index is 2.88. The fraction of sp³-hybridized carbons (Fsp3) is 0.308. The lowest BCUT2D eigenvalue weighted by atomic mass is 10.1. The van der Waals surface area contributed by atoms with Gasteiger partial charge in [0.05, 0.1) is 19.6 Å². The molecule has 0 N–H and O–H groups in total. The zero-order chi connectivity index (χ0) is 12.6. The van der Waals surface area contributed by atoms with Crippen LogP contribution in [0.4, 0.5) is 0 Å². The molecule has 0 atom stereocenters. The van der Waals surface area contributed by atoms with E-state index in [-0.39, 0.29) is 5.56 Å². The summed E-state index contributed by atoms with van der Waals surface area (Å²) in [6.07, 6.45) is 0. The Labute approximate surface area is 99.4 Å². The van der Waals surface area contributed by atoms with Gasteiger partial charge in [0, 0.05) is 12.7 Å². The van der Waals surface area contributed by atoms with Crippen molar-refractivity contribution in [2.24, 2.45) is 7.05 Å². The van der Waals surface area contributed by atoms with Crippen molar-refractivity contribution in [3.63, 3.8) is 0 Å². The third-order valence-electron chi connectivity index (χ3n) is 2.98. The molecule has 0 fully saturated rings. The number of nitrogens with zero attached hydrogens (tertiary/aromatic N) is 1. The number of aryl methyl sites for hydroxylation is 1. The van der Waals surface area contributed by atoms with Gasteiger partial charge >= 0.3 is 0 Å². The van der Waals surface area contributed by atoms with Crippen LogP contribution in [0, 0.1) is 6.92 Å². The second-order valence-electron chi connectivity index (χ2n) is 3.94. The third kappa shape index (κ3) is 1.75. The fourth-order valence-electron chi connectivity index (χ4n) is 1.86. The van der Waals surface area contributed by atoms with Gasteiger partial charge in [0.2, 0.25) is 0 Å². The van der Waals surface area contributed by atoms with Gasteiger partial charge in [-0.2, -0.15) is 0 Å². The predicted octanol–water partition coefficient (Wildman–Crippen LogP) is 1.86.